The van der Waals surface area contributed by atoms with E-state index >= 15 is 0 Å². The second kappa shape index (κ2) is 5.59. The number of urea groups is 1. The molecule has 1 saturated carbocycles. The molecule has 3 atom stereocenters. The fourth-order valence-corrected chi connectivity index (χ4v) is 3.06. The number of carbonyl (C=O) groups excluding carboxylic acids is 1. The van der Waals surface area contributed by atoms with Crippen LogP contribution in [0.4, 0.5) is 4.79 Å². The number of aliphatic carboxylic acids is 1. The summed E-state index contributed by atoms with van der Waals surface area (Å²) >= 11 is 0. The molecule has 5 nitrogen and oxygen atoms in total. The van der Waals surface area contributed by atoms with E-state index in [1.54, 1.807) is 0 Å². The maximum absolute atomic E-state index is 11.9. The average Bonchev–Trinajstić information content (AvgIpc) is 2.94. The molecule has 1 heterocycles. The molecule has 5 heteroatoms. The van der Waals surface area contributed by atoms with Gasteiger partial charge >= 0.3 is 12.0 Å². The zero-order valence-corrected chi connectivity index (χ0v) is 10.9. The first-order chi connectivity index (χ1) is 8.58. The van der Waals surface area contributed by atoms with Crippen molar-refractivity contribution in [2.75, 3.05) is 19.6 Å². The van der Waals surface area contributed by atoms with Crippen molar-refractivity contribution in [3.05, 3.63) is 0 Å². The van der Waals surface area contributed by atoms with Crippen LogP contribution < -0.4 is 5.32 Å². The molecule has 18 heavy (non-hydrogen) atoms. The summed E-state index contributed by atoms with van der Waals surface area (Å²) in [7, 11) is 0. The van der Waals surface area contributed by atoms with Crippen molar-refractivity contribution in [1.82, 2.24) is 10.2 Å². The summed E-state index contributed by atoms with van der Waals surface area (Å²) in [4.78, 5) is 24.8. The lowest BCUT2D eigenvalue weighted by atomic mass is 9.96. The molecule has 2 rings (SSSR count). The molecule has 0 aromatic carbocycles. The van der Waals surface area contributed by atoms with Gasteiger partial charge in [-0.3, -0.25) is 4.79 Å². The van der Waals surface area contributed by atoms with Gasteiger partial charge in [-0.1, -0.05) is 13.3 Å². The van der Waals surface area contributed by atoms with Crippen LogP contribution in [0.15, 0.2) is 0 Å². The highest BCUT2D eigenvalue weighted by molar-refractivity contribution is 5.75. The van der Waals surface area contributed by atoms with Crippen LogP contribution in [0, 0.1) is 17.8 Å². The van der Waals surface area contributed by atoms with Crippen molar-refractivity contribution in [1.29, 1.82) is 0 Å². The van der Waals surface area contributed by atoms with Crippen molar-refractivity contribution >= 4 is 12.0 Å². The fourth-order valence-electron chi connectivity index (χ4n) is 3.06. The highest BCUT2D eigenvalue weighted by atomic mass is 16.4. The van der Waals surface area contributed by atoms with Crippen LogP contribution in [-0.2, 0) is 4.79 Å². The van der Waals surface area contributed by atoms with Crippen LogP contribution in [0.5, 0.6) is 0 Å². The van der Waals surface area contributed by atoms with Crippen molar-refractivity contribution < 1.29 is 14.7 Å². The van der Waals surface area contributed by atoms with Gasteiger partial charge in [0.15, 0.2) is 0 Å². The van der Waals surface area contributed by atoms with E-state index in [0.717, 1.165) is 38.8 Å². The molecule has 1 aliphatic heterocycles. The molecule has 2 aliphatic rings. The third kappa shape index (κ3) is 2.94. The number of hydrogen-bond donors (Lipinski definition) is 2. The Morgan fingerprint density at radius 2 is 2.11 bits per heavy atom. The van der Waals surface area contributed by atoms with E-state index in [0.29, 0.717) is 12.5 Å². The van der Waals surface area contributed by atoms with E-state index in [1.165, 1.54) is 0 Å². The van der Waals surface area contributed by atoms with Gasteiger partial charge in [-0.2, -0.15) is 0 Å². The zero-order valence-electron chi connectivity index (χ0n) is 10.9. The van der Waals surface area contributed by atoms with Gasteiger partial charge in [0.1, 0.15) is 0 Å². The standard InChI is InChI=1S/C13H22N2O3/c1-9-5-6-15(8-9)13(18)14-7-10-3-2-4-11(10)12(16)17/h9-11H,2-8H2,1H3,(H,14,18)(H,16,17). The van der Waals surface area contributed by atoms with Gasteiger partial charge in [-0.25, -0.2) is 4.79 Å². The van der Waals surface area contributed by atoms with Crippen molar-refractivity contribution in [3.63, 3.8) is 0 Å². The molecule has 0 bridgehead atoms. The molecule has 2 N–H and O–H groups in total. The van der Waals surface area contributed by atoms with Crippen molar-refractivity contribution in [2.24, 2.45) is 17.8 Å². The number of carboxylic acids is 1. The van der Waals surface area contributed by atoms with E-state index in [1.807, 2.05) is 4.90 Å². The molecule has 0 spiro atoms. The molecule has 102 valence electrons. The Balaban J connectivity index is 1.77. The number of carbonyl (C=O) groups is 2. The van der Waals surface area contributed by atoms with Gasteiger partial charge < -0.3 is 15.3 Å². The van der Waals surface area contributed by atoms with Crippen LogP contribution in [-0.4, -0.2) is 41.6 Å². The highest BCUT2D eigenvalue weighted by Gasteiger charge is 2.33. The summed E-state index contributed by atoms with van der Waals surface area (Å²) in [6.07, 6.45) is 3.68. The normalized spacial score (nSPS) is 31.6. The third-order valence-corrected chi connectivity index (χ3v) is 4.20. The van der Waals surface area contributed by atoms with Crippen LogP contribution in [0.2, 0.25) is 0 Å². The molecule has 1 aliphatic carbocycles. The lowest BCUT2D eigenvalue weighted by Gasteiger charge is -2.20. The van der Waals surface area contributed by atoms with Gasteiger partial charge in [0.25, 0.3) is 0 Å². The Hall–Kier alpha value is -1.26. The SMILES string of the molecule is CC1CCN(C(=O)NCC2CCCC2C(=O)O)C1. The topological polar surface area (TPSA) is 69.6 Å². The Bertz CT molecular complexity index is 332. The van der Waals surface area contributed by atoms with Gasteiger partial charge in [0, 0.05) is 19.6 Å². The largest absolute Gasteiger partial charge is 0.481 e. The minimum absolute atomic E-state index is 0.0320. The quantitative estimate of drug-likeness (QED) is 0.802. The number of nitrogens with one attached hydrogen (secondary N) is 1. The molecule has 2 fully saturated rings. The minimum atomic E-state index is -0.721. The second-order valence-electron chi connectivity index (χ2n) is 5.66. The smallest absolute Gasteiger partial charge is 0.317 e. The summed E-state index contributed by atoms with van der Waals surface area (Å²) < 4.78 is 0. The summed E-state index contributed by atoms with van der Waals surface area (Å²) in [5.74, 6) is -0.315. The monoisotopic (exact) mass is 254 g/mol. The highest BCUT2D eigenvalue weighted by Crippen LogP contribution is 2.31. The van der Waals surface area contributed by atoms with Gasteiger partial charge in [0.05, 0.1) is 5.92 Å². The van der Waals surface area contributed by atoms with Crippen molar-refractivity contribution in [3.8, 4) is 0 Å². The Morgan fingerprint density at radius 3 is 2.72 bits per heavy atom. The zero-order chi connectivity index (χ0) is 13.1. The van der Waals surface area contributed by atoms with Crippen LogP contribution in [0.1, 0.15) is 32.6 Å². The number of rotatable bonds is 3. The van der Waals surface area contributed by atoms with E-state index in [-0.39, 0.29) is 17.9 Å². The molecule has 1 saturated heterocycles. The summed E-state index contributed by atoms with van der Waals surface area (Å²) in [6, 6.07) is -0.0320. The Labute approximate surface area is 108 Å². The van der Waals surface area contributed by atoms with Crippen LogP contribution >= 0.6 is 0 Å². The predicted molar refractivity (Wildman–Crippen MR) is 67.2 cm³/mol. The van der Waals surface area contributed by atoms with Crippen LogP contribution in [0.25, 0.3) is 0 Å². The van der Waals surface area contributed by atoms with E-state index < -0.39 is 5.97 Å². The predicted octanol–water partition coefficient (Wildman–Crippen LogP) is 1.54. The molecular weight excluding hydrogens is 232 g/mol. The summed E-state index contributed by atoms with van der Waals surface area (Å²) in [6.45, 7) is 4.28. The van der Waals surface area contributed by atoms with E-state index in [2.05, 4.69) is 12.2 Å². The van der Waals surface area contributed by atoms with Gasteiger partial charge in [0.2, 0.25) is 0 Å². The third-order valence-electron chi connectivity index (χ3n) is 4.20. The molecule has 2 amide bonds. The average molecular weight is 254 g/mol. The molecule has 0 aromatic rings. The first kappa shape index (κ1) is 13.2. The first-order valence-corrected chi connectivity index (χ1v) is 6.83. The van der Waals surface area contributed by atoms with Gasteiger partial charge in [-0.05, 0) is 31.1 Å². The lowest BCUT2D eigenvalue weighted by Crippen LogP contribution is -2.41. The number of hydrogen-bond acceptors (Lipinski definition) is 2. The van der Waals surface area contributed by atoms with E-state index in [9.17, 15) is 9.59 Å². The number of amides is 2. The maximum atomic E-state index is 11.9. The van der Waals surface area contributed by atoms with Gasteiger partial charge in [-0.15, -0.1) is 0 Å². The fraction of sp³-hybridized carbons (Fsp3) is 0.846. The van der Waals surface area contributed by atoms with E-state index in [4.69, 9.17) is 5.11 Å². The molecule has 0 aromatic heterocycles. The maximum Gasteiger partial charge on any atom is 0.317 e. The summed E-state index contributed by atoms with van der Waals surface area (Å²) in [5, 5.41) is 12.0. The first-order valence-electron chi connectivity index (χ1n) is 6.83. The Kier molecular flexibility index (Phi) is 4.09. The Morgan fingerprint density at radius 1 is 1.33 bits per heavy atom. The summed E-state index contributed by atoms with van der Waals surface area (Å²) in [5.41, 5.74) is 0. The molecular formula is C13H22N2O3. The number of likely N-dealkylation sites (tertiary alicyclic amines) is 1. The number of carboxylic acid groups (broad SMARTS) is 1. The minimum Gasteiger partial charge on any atom is -0.481 e. The second-order valence-corrected chi connectivity index (χ2v) is 5.66. The number of nitrogens with zero attached hydrogens (tertiary/aromatic N) is 1. The van der Waals surface area contributed by atoms with Crippen molar-refractivity contribution in [2.45, 2.75) is 32.6 Å². The van der Waals surface area contributed by atoms with Crippen LogP contribution in [0.3, 0.4) is 0 Å². The molecule has 0 radical (unpaired) electrons. The lowest BCUT2D eigenvalue weighted by molar-refractivity contribution is -0.142. The molecule has 3 unspecified atom stereocenters.